The van der Waals surface area contributed by atoms with Gasteiger partial charge in [0.15, 0.2) is 0 Å². The lowest BCUT2D eigenvalue weighted by Gasteiger charge is -2.12. The van der Waals surface area contributed by atoms with Crippen molar-refractivity contribution in [1.82, 2.24) is 4.98 Å². The number of nitrogens with zero attached hydrogens (tertiary/aromatic N) is 1. The summed E-state index contributed by atoms with van der Waals surface area (Å²) in [5, 5.41) is 0.563. The molecule has 4 heteroatoms. The zero-order valence-corrected chi connectivity index (χ0v) is 12.7. The van der Waals surface area contributed by atoms with Crippen molar-refractivity contribution in [2.24, 2.45) is 5.73 Å². The summed E-state index contributed by atoms with van der Waals surface area (Å²) in [4.78, 5) is 4.32. The largest absolute Gasteiger partial charge is 0.439 e. The van der Waals surface area contributed by atoms with Gasteiger partial charge in [-0.15, -0.1) is 0 Å². The van der Waals surface area contributed by atoms with Crippen LogP contribution in [0.4, 0.5) is 0 Å². The van der Waals surface area contributed by atoms with E-state index in [1.54, 1.807) is 12.1 Å². The molecule has 0 aliphatic heterocycles. The predicted molar refractivity (Wildman–Crippen MR) is 82.5 cm³/mol. The lowest BCUT2D eigenvalue weighted by molar-refractivity contribution is 0.456. The Morgan fingerprint density at radius 1 is 1.25 bits per heavy atom. The third kappa shape index (κ3) is 3.30. The summed E-state index contributed by atoms with van der Waals surface area (Å²) in [6.07, 6.45) is 0. The molecule has 0 bridgehead atoms. The van der Waals surface area contributed by atoms with Gasteiger partial charge in [-0.2, -0.15) is 0 Å². The molecule has 0 aliphatic rings. The van der Waals surface area contributed by atoms with Gasteiger partial charge in [-0.25, -0.2) is 4.98 Å². The van der Waals surface area contributed by atoms with Crippen LogP contribution in [-0.2, 0) is 6.54 Å². The third-order valence-corrected chi connectivity index (χ3v) is 3.52. The Balaban J connectivity index is 2.32. The molecule has 3 nitrogen and oxygen atoms in total. The minimum atomic E-state index is 0.293. The normalized spacial score (nSPS) is 10.9. The fourth-order valence-corrected chi connectivity index (χ4v) is 2.05. The first-order valence-electron chi connectivity index (χ1n) is 6.65. The minimum absolute atomic E-state index is 0.293. The number of hydrogen-bond donors (Lipinski definition) is 1. The molecule has 2 aromatic rings. The van der Waals surface area contributed by atoms with Crippen molar-refractivity contribution in [3.05, 3.63) is 52.2 Å². The molecule has 0 spiro atoms. The predicted octanol–water partition coefficient (Wildman–Crippen LogP) is 4.42. The molecule has 1 aromatic carbocycles. The van der Waals surface area contributed by atoms with E-state index < -0.39 is 0 Å². The zero-order chi connectivity index (χ0) is 14.7. The van der Waals surface area contributed by atoms with Crippen molar-refractivity contribution in [3.63, 3.8) is 0 Å². The van der Waals surface area contributed by atoms with Crippen molar-refractivity contribution in [3.8, 4) is 11.6 Å². The van der Waals surface area contributed by atoms with Gasteiger partial charge in [-0.1, -0.05) is 37.6 Å². The highest BCUT2D eigenvalue weighted by Crippen LogP contribution is 2.29. The van der Waals surface area contributed by atoms with Crippen molar-refractivity contribution < 1.29 is 4.74 Å². The standard InChI is InChI=1S/C16H19ClN2O/c1-10(2)12-5-4-11(3)15(8-12)20-16-7-6-13(17)14(9-18)19-16/h4-8,10H,9,18H2,1-3H3. The Labute approximate surface area is 124 Å². The van der Waals surface area contributed by atoms with Gasteiger partial charge in [0.05, 0.1) is 10.7 Å². The number of pyridine rings is 1. The topological polar surface area (TPSA) is 48.1 Å². The molecule has 0 aliphatic carbocycles. The van der Waals surface area contributed by atoms with E-state index in [0.29, 0.717) is 29.1 Å². The van der Waals surface area contributed by atoms with Gasteiger partial charge in [0.25, 0.3) is 0 Å². The first-order valence-corrected chi connectivity index (χ1v) is 7.03. The zero-order valence-electron chi connectivity index (χ0n) is 12.0. The molecule has 1 aromatic heterocycles. The summed E-state index contributed by atoms with van der Waals surface area (Å²) >= 11 is 6.00. The van der Waals surface area contributed by atoms with Crippen LogP contribution in [0.25, 0.3) is 0 Å². The molecule has 0 unspecified atom stereocenters. The van der Waals surface area contributed by atoms with Crippen molar-refractivity contribution in [2.45, 2.75) is 33.2 Å². The molecule has 20 heavy (non-hydrogen) atoms. The number of ether oxygens (including phenoxy) is 1. The lowest BCUT2D eigenvalue weighted by atomic mass is 10.0. The van der Waals surface area contributed by atoms with Crippen LogP contribution in [0, 0.1) is 6.92 Å². The average molecular weight is 291 g/mol. The summed E-state index contributed by atoms with van der Waals surface area (Å²) in [6.45, 7) is 6.61. The molecule has 1 heterocycles. The number of hydrogen-bond acceptors (Lipinski definition) is 3. The molecular formula is C16H19ClN2O. The van der Waals surface area contributed by atoms with Crippen LogP contribution < -0.4 is 10.5 Å². The molecule has 0 amide bonds. The Kier molecular flexibility index (Phi) is 4.63. The lowest BCUT2D eigenvalue weighted by Crippen LogP contribution is -2.02. The Morgan fingerprint density at radius 3 is 2.65 bits per heavy atom. The highest BCUT2D eigenvalue weighted by atomic mass is 35.5. The maximum Gasteiger partial charge on any atom is 0.219 e. The van der Waals surface area contributed by atoms with Gasteiger partial charge < -0.3 is 10.5 Å². The molecule has 2 N–H and O–H groups in total. The molecule has 0 radical (unpaired) electrons. The molecule has 106 valence electrons. The van der Waals surface area contributed by atoms with E-state index in [-0.39, 0.29) is 0 Å². The van der Waals surface area contributed by atoms with E-state index >= 15 is 0 Å². The fraction of sp³-hybridized carbons (Fsp3) is 0.312. The van der Waals surface area contributed by atoms with Crippen molar-refractivity contribution in [1.29, 1.82) is 0 Å². The van der Waals surface area contributed by atoms with Crippen LogP contribution in [0.1, 0.15) is 36.6 Å². The number of aryl methyl sites for hydroxylation is 1. The summed E-state index contributed by atoms with van der Waals surface area (Å²) < 4.78 is 5.87. The van der Waals surface area contributed by atoms with Crippen LogP contribution >= 0.6 is 11.6 Å². The third-order valence-electron chi connectivity index (χ3n) is 3.18. The Bertz CT molecular complexity index is 611. The summed E-state index contributed by atoms with van der Waals surface area (Å²) in [7, 11) is 0. The quantitative estimate of drug-likeness (QED) is 0.907. The van der Waals surface area contributed by atoms with Crippen LogP contribution in [0.5, 0.6) is 11.6 Å². The summed E-state index contributed by atoms with van der Waals surface area (Å²) in [6, 6.07) is 9.74. The highest BCUT2D eigenvalue weighted by Gasteiger charge is 2.08. The van der Waals surface area contributed by atoms with Gasteiger partial charge in [0.1, 0.15) is 5.75 Å². The van der Waals surface area contributed by atoms with Crippen LogP contribution in [-0.4, -0.2) is 4.98 Å². The number of rotatable bonds is 4. The average Bonchev–Trinajstić information content (AvgIpc) is 2.43. The van der Waals surface area contributed by atoms with Gasteiger partial charge >= 0.3 is 0 Å². The first kappa shape index (κ1) is 14.8. The van der Waals surface area contributed by atoms with Crippen LogP contribution in [0.2, 0.25) is 5.02 Å². The van der Waals surface area contributed by atoms with E-state index in [1.165, 1.54) is 5.56 Å². The van der Waals surface area contributed by atoms with Gasteiger partial charge in [-0.05, 0) is 36.1 Å². The van der Waals surface area contributed by atoms with E-state index in [4.69, 9.17) is 22.1 Å². The van der Waals surface area contributed by atoms with Gasteiger partial charge in [-0.3, -0.25) is 0 Å². The number of benzene rings is 1. The summed E-state index contributed by atoms with van der Waals surface area (Å²) in [5.74, 6) is 1.78. The van der Waals surface area contributed by atoms with E-state index in [9.17, 15) is 0 Å². The summed E-state index contributed by atoms with van der Waals surface area (Å²) in [5.41, 5.74) is 8.55. The second-order valence-corrected chi connectivity index (χ2v) is 5.47. The monoisotopic (exact) mass is 290 g/mol. The second-order valence-electron chi connectivity index (χ2n) is 5.06. The number of nitrogens with two attached hydrogens (primary N) is 1. The fourth-order valence-electron chi connectivity index (χ4n) is 1.86. The number of halogens is 1. The molecule has 0 atom stereocenters. The van der Waals surface area contributed by atoms with E-state index in [0.717, 1.165) is 11.3 Å². The highest BCUT2D eigenvalue weighted by molar-refractivity contribution is 6.31. The van der Waals surface area contributed by atoms with Crippen molar-refractivity contribution >= 4 is 11.6 Å². The molecule has 0 saturated heterocycles. The maximum atomic E-state index is 6.00. The Hall–Kier alpha value is -1.58. The SMILES string of the molecule is Cc1ccc(C(C)C)cc1Oc1ccc(Cl)c(CN)n1. The minimum Gasteiger partial charge on any atom is -0.439 e. The van der Waals surface area contributed by atoms with Gasteiger partial charge in [0.2, 0.25) is 5.88 Å². The second kappa shape index (κ2) is 6.25. The van der Waals surface area contributed by atoms with Crippen LogP contribution in [0.3, 0.4) is 0 Å². The van der Waals surface area contributed by atoms with E-state index in [2.05, 4.69) is 37.0 Å². The molecule has 0 saturated carbocycles. The smallest absolute Gasteiger partial charge is 0.219 e. The molecular weight excluding hydrogens is 272 g/mol. The maximum absolute atomic E-state index is 6.00. The Morgan fingerprint density at radius 2 is 2.00 bits per heavy atom. The first-order chi connectivity index (χ1) is 9.51. The molecule has 2 rings (SSSR count). The van der Waals surface area contributed by atoms with Crippen molar-refractivity contribution in [2.75, 3.05) is 0 Å². The van der Waals surface area contributed by atoms with Crippen LogP contribution in [0.15, 0.2) is 30.3 Å². The van der Waals surface area contributed by atoms with Gasteiger partial charge in [0, 0.05) is 12.6 Å². The molecule has 0 fully saturated rings. The number of aromatic nitrogens is 1. The van der Waals surface area contributed by atoms with E-state index in [1.807, 2.05) is 6.92 Å².